The van der Waals surface area contributed by atoms with Gasteiger partial charge in [0.1, 0.15) is 11.2 Å². The predicted octanol–water partition coefficient (Wildman–Crippen LogP) is 4.26. The molecule has 0 amide bonds. The molecule has 1 atom stereocenters. The molecule has 1 unspecified atom stereocenters. The maximum atomic E-state index is 11.9. The highest BCUT2D eigenvalue weighted by molar-refractivity contribution is 7.93. The lowest BCUT2D eigenvalue weighted by Crippen LogP contribution is -1.99. The summed E-state index contributed by atoms with van der Waals surface area (Å²) in [5, 5.41) is 2.36. The Bertz CT molecular complexity index is 525. The lowest BCUT2D eigenvalue weighted by molar-refractivity contribution is 0.603. The average Bonchev–Trinajstić information content (AvgIpc) is 2.39. The smallest absolute Gasteiger partial charge is 0.135 e. The Hall–Kier alpha value is -1.22. The predicted molar refractivity (Wildman–Crippen MR) is 78.8 cm³/mol. The number of halogens is 1. The monoisotopic (exact) mass is 276 g/mol. The zero-order valence-electron chi connectivity index (χ0n) is 9.75. The lowest BCUT2D eigenvalue weighted by Gasteiger charge is -2.05. The third-order valence-corrected chi connectivity index (χ3v) is 3.86. The summed E-state index contributed by atoms with van der Waals surface area (Å²) < 4.78 is 11.9. The van der Waals surface area contributed by atoms with E-state index in [0.717, 1.165) is 11.1 Å². The van der Waals surface area contributed by atoms with Crippen LogP contribution in [0.2, 0.25) is 5.02 Å². The van der Waals surface area contributed by atoms with Crippen LogP contribution in [0.1, 0.15) is 11.1 Å². The first-order valence-electron chi connectivity index (χ1n) is 5.59. The molecule has 92 valence electrons. The topological polar surface area (TPSA) is 23.1 Å². The minimum Gasteiger partial charge on any atom is -0.612 e. The van der Waals surface area contributed by atoms with Crippen LogP contribution in [0.5, 0.6) is 0 Å². The van der Waals surface area contributed by atoms with E-state index in [2.05, 4.69) is 0 Å². The molecule has 0 aromatic heterocycles. The number of rotatable bonds is 4. The number of hydrogen-bond donors (Lipinski definition) is 0. The molecule has 0 heterocycles. The van der Waals surface area contributed by atoms with Crippen LogP contribution in [0.4, 0.5) is 0 Å². The maximum Gasteiger partial charge on any atom is 0.135 e. The van der Waals surface area contributed by atoms with Crippen LogP contribution >= 0.6 is 11.6 Å². The minimum atomic E-state index is -1.02. The molecule has 0 N–H and O–H groups in total. The molecular weight excluding hydrogens is 264 g/mol. The zero-order chi connectivity index (χ0) is 12.8. The van der Waals surface area contributed by atoms with Crippen molar-refractivity contribution in [3.63, 3.8) is 0 Å². The van der Waals surface area contributed by atoms with Crippen LogP contribution in [-0.4, -0.2) is 4.55 Å². The summed E-state index contributed by atoms with van der Waals surface area (Å²) in [6.45, 7) is 0. The second-order valence-corrected chi connectivity index (χ2v) is 5.56. The molecule has 0 fully saturated rings. The van der Waals surface area contributed by atoms with Gasteiger partial charge in [-0.25, -0.2) is 0 Å². The van der Waals surface area contributed by atoms with Crippen molar-refractivity contribution < 1.29 is 4.55 Å². The van der Waals surface area contributed by atoms with Gasteiger partial charge in [-0.05, 0) is 28.9 Å². The zero-order valence-corrected chi connectivity index (χ0v) is 11.3. The standard InChI is InChI=1S/C15H13ClOS/c16-15-9-5-4-8-14(15)10-11-18(17)12-13-6-2-1-3-7-13/h1-11H,12H2/b11-10+. The number of hydrogen-bond acceptors (Lipinski definition) is 1. The summed E-state index contributed by atoms with van der Waals surface area (Å²) in [5.41, 5.74) is 1.96. The minimum absolute atomic E-state index is 0.530. The van der Waals surface area contributed by atoms with E-state index >= 15 is 0 Å². The summed E-state index contributed by atoms with van der Waals surface area (Å²) in [6.07, 6.45) is 1.81. The average molecular weight is 277 g/mol. The Morgan fingerprint density at radius 3 is 2.39 bits per heavy atom. The molecule has 0 aliphatic rings. The van der Waals surface area contributed by atoms with Gasteiger partial charge in [0.05, 0.1) is 0 Å². The van der Waals surface area contributed by atoms with Crippen molar-refractivity contribution in [2.24, 2.45) is 0 Å². The fourth-order valence-corrected chi connectivity index (χ4v) is 2.66. The van der Waals surface area contributed by atoms with Crippen molar-refractivity contribution in [3.05, 3.63) is 76.2 Å². The van der Waals surface area contributed by atoms with Crippen LogP contribution in [0, 0.1) is 0 Å². The van der Waals surface area contributed by atoms with E-state index in [1.807, 2.05) is 54.6 Å². The molecule has 18 heavy (non-hydrogen) atoms. The van der Waals surface area contributed by atoms with Crippen molar-refractivity contribution in [1.82, 2.24) is 0 Å². The van der Waals surface area contributed by atoms with Crippen LogP contribution in [0.25, 0.3) is 6.08 Å². The van der Waals surface area contributed by atoms with Gasteiger partial charge in [0, 0.05) is 10.6 Å². The molecule has 0 aliphatic carbocycles. The quantitative estimate of drug-likeness (QED) is 0.765. The number of benzene rings is 2. The Morgan fingerprint density at radius 1 is 1.00 bits per heavy atom. The van der Waals surface area contributed by atoms with Gasteiger partial charge in [0.25, 0.3) is 0 Å². The van der Waals surface area contributed by atoms with Crippen molar-refractivity contribution >= 4 is 28.9 Å². The maximum absolute atomic E-state index is 11.9. The summed E-state index contributed by atoms with van der Waals surface area (Å²) in [7, 11) is 0. The highest BCUT2D eigenvalue weighted by atomic mass is 35.5. The molecular formula is C15H13ClOS. The van der Waals surface area contributed by atoms with Crippen molar-refractivity contribution in [3.8, 4) is 0 Å². The van der Waals surface area contributed by atoms with Gasteiger partial charge in [-0.15, -0.1) is 0 Å². The van der Waals surface area contributed by atoms with E-state index in [9.17, 15) is 4.55 Å². The first-order valence-corrected chi connectivity index (χ1v) is 7.35. The second kappa shape index (κ2) is 6.64. The van der Waals surface area contributed by atoms with E-state index < -0.39 is 11.2 Å². The largest absolute Gasteiger partial charge is 0.612 e. The molecule has 2 aromatic rings. The van der Waals surface area contributed by atoms with Crippen LogP contribution in [0.3, 0.4) is 0 Å². The van der Waals surface area contributed by atoms with Gasteiger partial charge >= 0.3 is 0 Å². The molecule has 0 bridgehead atoms. The normalized spacial score (nSPS) is 12.8. The Morgan fingerprint density at radius 2 is 1.67 bits per heavy atom. The van der Waals surface area contributed by atoms with E-state index in [1.165, 1.54) is 0 Å². The van der Waals surface area contributed by atoms with E-state index in [-0.39, 0.29) is 0 Å². The molecule has 3 heteroatoms. The summed E-state index contributed by atoms with van der Waals surface area (Å²) in [6, 6.07) is 17.3. The van der Waals surface area contributed by atoms with Gasteiger partial charge < -0.3 is 4.55 Å². The Labute approximate surface area is 115 Å². The second-order valence-electron chi connectivity index (χ2n) is 3.83. The fraction of sp³-hybridized carbons (Fsp3) is 0.0667. The molecule has 0 aliphatic heterocycles. The van der Waals surface area contributed by atoms with E-state index in [1.54, 1.807) is 11.5 Å². The van der Waals surface area contributed by atoms with E-state index in [4.69, 9.17) is 11.6 Å². The van der Waals surface area contributed by atoms with Crippen LogP contribution in [-0.2, 0) is 16.9 Å². The SMILES string of the molecule is [O-][S+](/C=C/c1ccccc1Cl)Cc1ccccc1. The summed E-state index contributed by atoms with van der Waals surface area (Å²) in [5.74, 6) is 0.530. The van der Waals surface area contributed by atoms with Gasteiger partial charge in [-0.2, -0.15) is 0 Å². The Kier molecular flexibility index (Phi) is 4.88. The molecule has 1 nitrogen and oxygen atoms in total. The lowest BCUT2D eigenvalue weighted by atomic mass is 10.2. The Balaban J connectivity index is 1.99. The van der Waals surface area contributed by atoms with Gasteiger partial charge in [0.15, 0.2) is 0 Å². The molecule has 0 spiro atoms. The summed E-state index contributed by atoms with van der Waals surface area (Å²) in [4.78, 5) is 0. The molecule has 0 radical (unpaired) electrons. The van der Waals surface area contributed by atoms with E-state index in [0.29, 0.717) is 10.8 Å². The van der Waals surface area contributed by atoms with Gasteiger partial charge in [-0.1, -0.05) is 60.1 Å². The highest BCUT2D eigenvalue weighted by Crippen LogP contribution is 2.17. The molecule has 2 rings (SSSR count). The van der Waals surface area contributed by atoms with Gasteiger partial charge in [0.2, 0.25) is 0 Å². The van der Waals surface area contributed by atoms with Crippen molar-refractivity contribution in [2.75, 3.05) is 0 Å². The third kappa shape index (κ3) is 3.91. The van der Waals surface area contributed by atoms with Crippen molar-refractivity contribution in [2.45, 2.75) is 5.75 Å². The third-order valence-electron chi connectivity index (χ3n) is 2.46. The highest BCUT2D eigenvalue weighted by Gasteiger charge is 2.03. The fourth-order valence-electron chi connectivity index (χ4n) is 1.55. The first kappa shape index (κ1) is 13.2. The molecule has 0 saturated heterocycles. The molecule has 0 saturated carbocycles. The van der Waals surface area contributed by atoms with Gasteiger partial charge in [-0.3, -0.25) is 0 Å². The first-order chi connectivity index (χ1) is 8.75. The van der Waals surface area contributed by atoms with Crippen molar-refractivity contribution in [1.29, 1.82) is 0 Å². The van der Waals surface area contributed by atoms with Crippen LogP contribution in [0.15, 0.2) is 60.0 Å². The summed E-state index contributed by atoms with van der Waals surface area (Å²) >= 11 is 5.00. The van der Waals surface area contributed by atoms with Crippen LogP contribution < -0.4 is 0 Å². The molecule has 2 aromatic carbocycles.